The van der Waals surface area contributed by atoms with Gasteiger partial charge in [-0.15, -0.1) is 0 Å². The van der Waals surface area contributed by atoms with Gasteiger partial charge in [-0.1, -0.05) is 60.1 Å². The third-order valence-corrected chi connectivity index (χ3v) is 14.6. The number of allylic oxidation sites excluding steroid dienone is 2. The van der Waals surface area contributed by atoms with Crippen molar-refractivity contribution in [2.24, 2.45) is 50.7 Å². The first-order valence-electron chi connectivity index (χ1n) is 17.2. The number of aromatic hydroxyl groups is 3. The third-order valence-electron chi connectivity index (χ3n) is 14.6. The van der Waals surface area contributed by atoms with Gasteiger partial charge in [-0.25, -0.2) is 4.79 Å². The molecular weight excluding hydrogens is 552 g/mol. The molecule has 0 heterocycles. The monoisotopic (exact) mass is 608 g/mol. The number of hydrogen-bond donors (Lipinski definition) is 3. The van der Waals surface area contributed by atoms with Crippen molar-refractivity contribution < 1.29 is 29.6 Å². The maximum absolute atomic E-state index is 13.2. The summed E-state index contributed by atoms with van der Waals surface area (Å²) in [5.41, 5.74) is 2.49. The van der Waals surface area contributed by atoms with E-state index >= 15 is 0 Å². The Morgan fingerprint density at radius 2 is 1.36 bits per heavy atom. The largest absolute Gasteiger partial charge is 0.504 e. The highest BCUT2D eigenvalue weighted by atomic mass is 16.5. The van der Waals surface area contributed by atoms with Crippen molar-refractivity contribution in [1.29, 1.82) is 0 Å². The van der Waals surface area contributed by atoms with Gasteiger partial charge in [-0.3, -0.25) is 0 Å². The number of carbonyl (C=O) groups excluding carboxylic acids is 1. The Bertz CT molecular complexity index is 1320. The molecule has 0 aromatic heterocycles. The molecule has 9 atom stereocenters. The molecule has 0 aliphatic heterocycles. The van der Waals surface area contributed by atoms with E-state index in [1.165, 1.54) is 38.5 Å². The zero-order chi connectivity index (χ0) is 32.0. The van der Waals surface area contributed by atoms with E-state index in [9.17, 15) is 20.1 Å². The molecule has 6 rings (SSSR count). The molecule has 244 valence electrons. The van der Waals surface area contributed by atoms with Crippen molar-refractivity contribution in [3.05, 3.63) is 29.3 Å². The second-order valence-electron chi connectivity index (χ2n) is 17.4. The Kier molecular flexibility index (Phi) is 7.51. The van der Waals surface area contributed by atoms with Crippen molar-refractivity contribution in [1.82, 2.24) is 0 Å². The van der Waals surface area contributed by atoms with Crippen LogP contribution >= 0.6 is 0 Å². The third kappa shape index (κ3) is 4.54. The van der Waals surface area contributed by atoms with Gasteiger partial charge in [0.05, 0.1) is 11.7 Å². The van der Waals surface area contributed by atoms with Gasteiger partial charge in [0, 0.05) is 12.5 Å². The van der Waals surface area contributed by atoms with Crippen LogP contribution in [0.25, 0.3) is 0 Å². The molecule has 3 N–H and O–H groups in total. The highest BCUT2D eigenvalue weighted by Gasteiger charge is 2.63. The fraction of sp³-hybridized carbons (Fsp3) is 0.763. The number of rotatable bonds is 3. The molecule has 0 spiro atoms. The lowest BCUT2D eigenvalue weighted by molar-refractivity contribution is -0.178. The SMILES string of the molecule is CO[C@H]1CC[C@@]2(C)[C@@H](CC[C@@]3(C)CC4=CC[C@H]5C(C)(C)[C@H](OC(=O)c6cc(O)c(O)c(O)c6)CC[C@]5(C)[C@H]4CC[C@@H]32)C1(C)C. The smallest absolute Gasteiger partial charge is 0.338 e. The molecule has 4 fully saturated rings. The fourth-order valence-corrected chi connectivity index (χ4v) is 12.5. The first-order chi connectivity index (χ1) is 20.5. The Hall–Kier alpha value is -2.21. The Balaban J connectivity index is 1.25. The average molecular weight is 609 g/mol. The number of fused-ring (bicyclic) bond motifs is 6. The number of methoxy groups -OCH3 is 1. The molecule has 0 bridgehead atoms. The lowest BCUT2D eigenvalue weighted by Crippen LogP contribution is -2.58. The van der Waals surface area contributed by atoms with Crippen molar-refractivity contribution >= 4 is 5.97 Å². The normalized spacial score (nSPS) is 42.4. The van der Waals surface area contributed by atoms with Gasteiger partial charge < -0.3 is 24.8 Å². The maximum atomic E-state index is 13.2. The number of ether oxygens (including phenoxy) is 2. The lowest BCUT2D eigenvalue weighted by atomic mass is 9.42. The number of benzene rings is 1. The van der Waals surface area contributed by atoms with Crippen LogP contribution in [0, 0.1) is 50.7 Å². The Morgan fingerprint density at radius 3 is 2.02 bits per heavy atom. The average Bonchev–Trinajstić information content (AvgIpc) is 3.10. The van der Waals surface area contributed by atoms with Crippen LogP contribution in [-0.2, 0) is 9.47 Å². The van der Waals surface area contributed by atoms with Crippen LogP contribution in [0.15, 0.2) is 23.8 Å². The summed E-state index contributed by atoms with van der Waals surface area (Å²) in [4.78, 5) is 13.2. The number of phenols is 3. The molecule has 6 heteroatoms. The van der Waals surface area contributed by atoms with Crippen LogP contribution in [0.2, 0.25) is 0 Å². The first-order valence-corrected chi connectivity index (χ1v) is 17.2. The fourth-order valence-electron chi connectivity index (χ4n) is 12.5. The second-order valence-corrected chi connectivity index (χ2v) is 17.4. The minimum absolute atomic E-state index is 0.0434. The summed E-state index contributed by atoms with van der Waals surface area (Å²) in [5.74, 6) is 0.0533. The van der Waals surface area contributed by atoms with Crippen molar-refractivity contribution in [3.8, 4) is 17.2 Å². The maximum Gasteiger partial charge on any atom is 0.338 e. The van der Waals surface area contributed by atoms with E-state index in [0.29, 0.717) is 40.6 Å². The van der Waals surface area contributed by atoms with Crippen LogP contribution in [0.3, 0.4) is 0 Å². The molecule has 0 unspecified atom stereocenters. The molecule has 44 heavy (non-hydrogen) atoms. The summed E-state index contributed by atoms with van der Waals surface area (Å²) >= 11 is 0. The zero-order valence-corrected chi connectivity index (χ0v) is 28.3. The van der Waals surface area contributed by atoms with E-state index in [0.717, 1.165) is 37.8 Å². The van der Waals surface area contributed by atoms with Gasteiger partial charge >= 0.3 is 5.97 Å². The van der Waals surface area contributed by atoms with E-state index < -0.39 is 23.2 Å². The molecule has 5 aliphatic carbocycles. The van der Waals surface area contributed by atoms with E-state index in [-0.39, 0.29) is 27.9 Å². The zero-order valence-electron chi connectivity index (χ0n) is 28.3. The highest BCUT2D eigenvalue weighted by molar-refractivity contribution is 5.91. The molecule has 1 aromatic rings. The first kappa shape index (κ1) is 31.8. The minimum atomic E-state index is -0.631. The molecule has 0 saturated heterocycles. The van der Waals surface area contributed by atoms with Gasteiger partial charge in [0.1, 0.15) is 6.10 Å². The van der Waals surface area contributed by atoms with Crippen molar-refractivity contribution in [2.45, 2.75) is 125 Å². The van der Waals surface area contributed by atoms with Crippen LogP contribution in [0.4, 0.5) is 0 Å². The van der Waals surface area contributed by atoms with Crippen LogP contribution < -0.4 is 0 Å². The molecule has 4 saturated carbocycles. The predicted octanol–water partition coefficient (Wildman–Crippen LogP) is 8.78. The summed E-state index contributed by atoms with van der Waals surface area (Å²) in [6, 6.07) is 2.32. The molecule has 1 aromatic carbocycles. The van der Waals surface area contributed by atoms with E-state index in [1.807, 2.05) is 7.11 Å². The quantitative estimate of drug-likeness (QED) is 0.180. The molecule has 0 radical (unpaired) electrons. The summed E-state index contributed by atoms with van der Waals surface area (Å²) in [7, 11) is 1.90. The van der Waals surface area contributed by atoms with E-state index in [1.54, 1.807) is 5.57 Å². The van der Waals surface area contributed by atoms with Crippen molar-refractivity contribution in [3.63, 3.8) is 0 Å². The van der Waals surface area contributed by atoms with Crippen LogP contribution in [-0.4, -0.2) is 40.6 Å². The van der Waals surface area contributed by atoms with E-state index in [4.69, 9.17) is 9.47 Å². The van der Waals surface area contributed by atoms with E-state index in [2.05, 4.69) is 54.5 Å². The molecular formula is C38H56O6. The number of carbonyl (C=O) groups is 1. The highest BCUT2D eigenvalue weighted by Crippen LogP contribution is 2.70. The molecule has 5 aliphatic rings. The topological polar surface area (TPSA) is 96.2 Å². The van der Waals surface area contributed by atoms with Gasteiger partial charge in [-0.2, -0.15) is 0 Å². The van der Waals surface area contributed by atoms with Crippen LogP contribution in [0.5, 0.6) is 17.2 Å². The van der Waals surface area contributed by atoms with Gasteiger partial charge in [-0.05, 0) is 122 Å². The summed E-state index contributed by atoms with van der Waals surface area (Å²) in [6.07, 6.45) is 14.2. The molecule has 0 amide bonds. The van der Waals surface area contributed by atoms with Gasteiger partial charge in [0.2, 0.25) is 0 Å². The van der Waals surface area contributed by atoms with Crippen molar-refractivity contribution in [2.75, 3.05) is 7.11 Å². The summed E-state index contributed by atoms with van der Waals surface area (Å²) < 4.78 is 12.2. The number of esters is 1. The molecule has 6 nitrogen and oxygen atoms in total. The predicted molar refractivity (Wildman–Crippen MR) is 172 cm³/mol. The number of hydrogen-bond acceptors (Lipinski definition) is 6. The Labute approximate surface area is 264 Å². The van der Waals surface area contributed by atoms with Gasteiger partial charge in [0.15, 0.2) is 17.2 Å². The lowest BCUT2D eigenvalue weighted by Gasteiger charge is -2.64. The van der Waals surface area contributed by atoms with Crippen LogP contribution in [0.1, 0.15) is 123 Å². The minimum Gasteiger partial charge on any atom is -0.504 e. The number of phenolic OH excluding ortho intramolecular Hbond substituents is 3. The summed E-state index contributed by atoms with van der Waals surface area (Å²) in [5, 5.41) is 29.6. The Morgan fingerprint density at radius 1 is 0.750 bits per heavy atom. The van der Waals surface area contributed by atoms with Gasteiger partial charge in [0.25, 0.3) is 0 Å². The standard InChI is InChI=1S/C38H56O6/c1-34(2)28-13-16-36(5)21-22-9-11-27-35(3,4)31(44-33(42)23-19-25(39)32(41)26(40)20-23)15-17-37(27,6)24(22)10-12-29(36)38(28,7)18-14-30(34)43-8/h9,19-20,24,27-31,39-41H,10-18,21H2,1-8H3/t24-,27-,28-,29-,30-,31+,36-,37+,38-/m0/s1. The summed E-state index contributed by atoms with van der Waals surface area (Å²) in [6.45, 7) is 17.2. The second kappa shape index (κ2) is 10.4.